The molecule has 8 heteroatoms. The first-order valence-electron chi connectivity index (χ1n) is 7.92. The molecule has 1 amide bonds. The highest BCUT2D eigenvalue weighted by Crippen LogP contribution is 2.33. The van der Waals surface area contributed by atoms with Crippen molar-refractivity contribution in [2.45, 2.75) is 6.18 Å². The number of halogens is 3. The number of hydrogen-bond acceptors (Lipinski definition) is 3. The molecule has 0 spiro atoms. The van der Waals surface area contributed by atoms with Crippen molar-refractivity contribution in [3.8, 4) is 11.3 Å². The average Bonchev–Trinajstić information content (AvgIpc) is 3.23. The summed E-state index contributed by atoms with van der Waals surface area (Å²) in [5.74, 6) is -0.823. The molecular weight excluding hydrogens is 375 g/mol. The minimum Gasteiger partial charge on any atom is -0.321 e. The van der Waals surface area contributed by atoms with Crippen LogP contribution in [-0.4, -0.2) is 15.3 Å². The molecule has 4 rings (SSSR count). The molecule has 0 bridgehead atoms. The van der Waals surface area contributed by atoms with Crippen molar-refractivity contribution < 1.29 is 18.0 Å². The molecular formula is C19H12F3N3OS. The second-order valence-corrected chi connectivity index (χ2v) is 6.64. The summed E-state index contributed by atoms with van der Waals surface area (Å²) in [7, 11) is 0. The predicted octanol–water partition coefficient (Wildman–Crippen LogP) is 5.33. The number of carbonyl (C=O) groups excluding carboxylic acids is 1. The van der Waals surface area contributed by atoms with Gasteiger partial charge in [0, 0.05) is 23.3 Å². The minimum absolute atomic E-state index is 0.394. The maximum Gasteiger partial charge on any atom is 0.417 e. The van der Waals surface area contributed by atoms with Gasteiger partial charge in [-0.15, -0.1) is 11.3 Å². The molecule has 0 atom stereocenters. The first kappa shape index (κ1) is 17.3. The van der Waals surface area contributed by atoms with Crippen LogP contribution in [0.5, 0.6) is 0 Å². The zero-order valence-electron chi connectivity index (χ0n) is 13.7. The molecule has 2 heterocycles. The van der Waals surface area contributed by atoms with Crippen LogP contribution in [0.15, 0.2) is 66.3 Å². The van der Waals surface area contributed by atoms with Gasteiger partial charge in [0.05, 0.1) is 22.5 Å². The van der Waals surface area contributed by atoms with Gasteiger partial charge in [-0.3, -0.25) is 9.20 Å². The fourth-order valence-electron chi connectivity index (χ4n) is 2.79. The first-order valence-corrected chi connectivity index (χ1v) is 8.80. The summed E-state index contributed by atoms with van der Waals surface area (Å²) < 4.78 is 41.4. The summed E-state index contributed by atoms with van der Waals surface area (Å²) >= 11 is 1.46. The first-order chi connectivity index (χ1) is 12.9. The molecule has 0 unspecified atom stereocenters. The number of anilines is 1. The molecule has 1 N–H and O–H groups in total. The van der Waals surface area contributed by atoms with Crippen molar-refractivity contribution in [1.82, 2.24) is 9.38 Å². The van der Waals surface area contributed by atoms with Crippen LogP contribution in [0.25, 0.3) is 16.2 Å². The van der Waals surface area contributed by atoms with Crippen LogP contribution >= 0.6 is 11.3 Å². The van der Waals surface area contributed by atoms with E-state index in [2.05, 4.69) is 10.3 Å². The van der Waals surface area contributed by atoms with E-state index in [0.29, 0.717) is 16.9 Å². The molecule has 0 radical (unpaired) electrons. The molecule has 4 aromatic rings. The largest absolute Gasteiger partial charge is 0.417 e. The number of thiazole rings is 1. The van der Waals surface area contributed by atoms with Gasteiger partial charge in [-0.2, -0.15) is 13.2 Å². The normalized spacial score (nSPS) is 11.7. The Kier molecular flexibility index (Phi) is 4.19. The van der Waals surface area contributed by atoms with Crippen molar-refractivity contribution in [3.63, 3.8) is 0 Å². The summed E-state index contributed by atoms with van der Waals surface area (Å²) in [5.41, 5.74) is 0.256. The molecule has 4 nitrogen and oxygen atoms in total. The number of para-hydroxylation sites is 1. The summed E-state index contributed by atoms with van der Waals surface area (Å²) in [6.45, 7) is 0. The summed E-state index contributed by atoms with van der Waals surface area (Å²) in [6, 6.07) is 11.6. The summed E-state index contributed by atoms with van der Waals surface area (Å²) in [4.78, 5) is 17.8. The maximum atomic E-state index is 13.2. The zero-order valence-corrected chi connectivity index (χ0v) is 14.5. The third kappa shape index (κ3) is 3.31. The Balaban J connectivity index is 1.70. The van der Waals surface area contributed by atoms with Gasteiger partial charge in [0.15, 0.2) is 4.96 Å². The van der Waals surface area contributed by atoms with Gasteiger partial charge in [0.1, 0.15) is 0 Å². The van der Waals surface area contributed by atoms with Gasteiger partial charge >= 0.3 is 6.18 Å². The van der Waals surface area contributed by atoms with E-state index >= 15 is 0 Å². The van der Waals surface area contributed by atoms with Gasteiger partial charge in [-0.1, -0.05) is 30.3 Å². The monoisotopic (exact) mass is 387 g/mol. The molecule has 0 saturated heterocycles. The molecule has 136 valence electrons. The van der Waals surface area contributed by atoms with E-state index in [1.165, 1.54) is 23.5 Å². The third-order valence-electron chi connectivity index (χ3n) is 4.02. The van der Waals surface area contributed by atoms with E-state index in [0.717, 1.165) is 17.1 Å². The molecule has 0 aliphatic carbocycles. The minimum atomic E-state index is -4.61. The lowest BCUT2D eigenvalue weighted by molar-refractivity contribution is -0.137. The molecule has 2 aromatic heterocycles. The smallest absolute Gasteiger partial charge is 0.321 e. The highest BCUT2D eigenvalue weighted by molar-refractivity contribution is 7.15. The lowest BCUT2D eigenvalue weighted by Gasteiger charge is -2.14. The molecule has 2 aromatic carbocycles. The Morgan fingerprint density at radius 2 is 1.81 bits per heavy atom. The zero-order chi connectivity index (χ0) is 19.0. The van der Waals surface area contributed by atoms with E-state index in [1.807, 2.05) is 16.0 Å². The number of nitrogens with zero attached hydrogens (tertiary/aromatic N) is 2. The Hall–Kier alpha value is -3.13. The Morgan fingerprint density at radius 1 is 1.07 bits per heavy atom. The fraction of sp³-hybridized carbons (Fsp3) is 0.0526. The van der Waals surface area contributed by atoms with Crippen LogP contribution in [-0.2, 0) is 6.18 Å². The lowest BCUT2D eigenvalue weighted by atomic mass is 10.1. The van der Waals surface area contributed by atoms with E-state index < -0.39 is 23.2 Å². The van der Waals surface area contributed by atoms with Crippen molar-refractivity contribution in [2.75, 3.05) is 5.32 Å². The van der Waals surface area contributed by atoms with Gasteiger partial charge in [0.2, 0.25) is 0 Å². The quantitative estimate of drug-likeness (QED) is 0.516. The average molecular weight is 387 g/mol. The van der Waals surface area contributed by atoms with Crippen LogP contribution in [0, 0.1) is 0 Å². The van der Waals surface area contributed by atoms with Gasteiger partial charge < -0.3 is 5.32 Å². The molecule has 27 heavy (non-hydrogen) atoms. The molecule has 0 fully saturated rings. The maximum absolute atomic E-state index is 13.2. The highest BCUT2D eigenvalue weighted by Gasteiger charge is 2.34. The van der Waals surface area contributed by atoms with E-state index in [1.54, 1.807) is 30.5 Å². The van der Waals surface area contributed by atoms with Crippen molar-refractivity contribution in [3.05, 3.63) is 77.4 Å². The summed E-state index contributed by atoms with van der Waals surface area (Å²) in [6.07, 6.45) is -0.945. The number of imidazole rings is 1. The van der Waals surface area contributed by atoms with Crippen LogP contribution < -0.4 is 5.32 Å². The molecule has 0 aliphatic heterocycles. The number of alkyl halides is 3. The van der Waals surface area contributed by atoms with Gasteiger partial charge in [0.25, 0.3) is 5.91 Å². The predicted molar refractivity (Wildman–Crippen MR) is 97.9 cm³/mol. The van der Waals surface area contributed by atoms with Crippen LogP contribution in [0.3, 0.4) is 0 Å². The Labute approximate surface area is 155 Å². The lowest BCUT2D eigenvalue weighted by Crippen LogP contribution is -2.19. The number of amides is 1. The van der Waals surface area contributed by atoms with Crippen LogP contribution in [0.4, 0.5) is 18.9 Å². The Bertz CT molecular complexity index is 1100. The standard InChI is InChI=1S/C19H12F3N3OS/c20-19(21,22)14-7-3-1-5-12(14)17(26)23-15-8-4-2-6-13(15)16-11-25-9-10-27-18(25)24-16/h1-11H,(H,23,26). The number of rotatable bonds is 3. The number of aromatic nitrogens is 2. The number of carbonyl (C=O) groups is 1. The van der Waals surface area contributed by atoms with Crippen molar-refractivity contribution in [1.29, 1.82) is 0 Å². The summed E-state index contributed by atoms with van der Waals surface area (Å²) in [5, 5.41) is 4.49. The van der Waals surface area contributed by atoms with Gasteiger partial charge in [-0.25, -0.2) is 4.98 Å². The second kappa shape index (κ2) is 6.55. The van der Waals surface area contributed by atoms with E-state index in [4.69, 9.17) is 0 Å². The van der Waals surface area contributed by atoms with Crippen LogP contribution in [0.1, 0.15) is 15.9 Å². The molecule has 0 saturated carbocycles. The number of benzene rings is 2. The van der Waals surface area contributed by atoms with Crippen LogP contribution in [0.2, 0.25) is 0 Å². The second-order valence-electron chi connectivity index (χ2n) is 5.76. The molecule has 0 aliphatic rings. The SMILES string of the molecule is O=C(Nc1ccccc1-c1cn2ccsc2n1)c1ccccc1C(F)(F)F. The number of hydrogen-bond donors (Lipinski definition) is 1. The van der Waals surface area contributed by atoms with E-state index in [9.17, 15) is 18.0 Å². The van der Waals surface area contributed by atoms with E-state index in [-0.39, 0.29) is 0 Å². The highest BCUT2D eigenvalue weighted by atomic mass is 32.1. The Morgan fingerprint density at radius 3 is 2.59 bits per heavy atom. The van der Waals surface area contributed by atoms with Gasteiger partial charge in [-0.05, 0) is 18.2 Å². The number of fused-ring (bicyclic) bond motifs is 1. The third-order valence-corrected chi connectivity index (χ3v) is 4.79. The topological polar surface area (TPSA) is 46.4 Å². The fourth-order valence-corrected chi connectivity index (χ4v) is 3.49. The number of nitrogens with one attached hydrogen (secondary N) is 1. The van der Waals surface area contributed by atoms with Crippen molar-refractivity contribution in [2.24, 2.45) is 0 Å². The van der Waals surface area contributed by atoms with Crippen molar-refractivity contribution >= 4 is 27.9 Å².